The number of rotatable bonds is 5. The van der Waals surface area contributed by atoms with Crippen LogP contribution in [0.25, 0.3) is 21.9 Å². The van der Waals surface area contributed by atoms with Crippen molar-refractivity contribution in [3.63, 3.8) is 0 Å². The minimum atomic E-state index is -0.779. The Morgan fingerprint density at radius 1 is 1.26 bits per heavy atom. The number of hydrogen-bond acceptors (Lipinski definition) is 9. The summed E-state index contributed by atoms with van der Waals surface area (Å²) in [6.45, 7) is 2.37. The van der Waals surface area contributed by atoms with Crippen LogP contribution in [0.4, 0.5) is 15.9 Å². The second kappa shape index (κ2) is 7.74. The molecule has 34 heavy (non-hydrogen) atoms. The van der Waals surface area contributed by atoms with Crippen LogP contribution in [0, 0.1) is 11.7 Å². The number of aliphatic hydroxyl groups is 1. The van der Waals surface area contributed by atoms with Crippen LogP contribution >= 0.6 is 0 Å². The molecule has 1 saturated heterocycles. The molecule has 1 aromatic carbocycles. The average molecular weight is 465 g/mol. The molecule has 2 bridgehead atoms. The fourth-order valence-electron chi connectivity index (χ4n) is 5.23. The lowest BCUT2D eigenvalue weighted by Gasteiger charge is -2.31. The quantitative estimate of drug-likeness (QED) is 0.351. The number of H-pyrrole nitrogens is 1. The van der Waals surface area contributed by atoms with Crippen molar-refractivity contribution in [1.82, 2.24) is 24.9 Å². The third kappa shape index (κ3) is 3.31. The molecule has 3 aromatic heterocycles. The highest BCUT2D eigenvalue weighted by Crippen LogP contribution is 2.44. The first-order valence-electron chi connectivity index (χ1n) is 11.3. The second-order valence-electron chi connectivity index (χ2n) is 9.06. The van der Waals surface area contributed by atoms with Gasteiger partial charge in [0.15, 0.2) is 11.6 Å². The Morgan fingerprint density at radius 2 is 2.06 bits per heavy atom. The van der Waals surface area contributed by atoms with E-state index in [-0.39, 0.29) is 23.9 Å². The number of fused-ring (bicyclic) bond motifs is 5. The van der Waals surface area contributed by atoms with E-state index in [0.29, 0.717) is 40.0 Å². The lowest BCUT2D eigenvalue weighted by atomic mass is 10.0. The fraction of sp³-hybridized carbons (Fsp3) is 0.391. The van der Waals surface area contributed by atoms with E-state index in [1.165, 1.54) is 24.5 Å². The molecule has 4 aromatic rings. The van der Waals surface area contributed by atoms with E-state index in [1.807, 2.05) is 0 Å². The summed E-state index contributed by atoms with van der Waals surface area (Å²) in [5, 5.41) is 14.1. The van der Waals surface area contributed by atoms with Crippen molar-refractivity contribution >= 4 is 33.4 Å². The fourth-order valence-corrected chi connectivity index (χ4v) is 5.23. The smallest absolute Gasteiger partial charge is 0.326 e. The first-order valence-corrected chi connectivity index (χ1v) is 11.3. The lowest BCUT2D eigenvalue weighted by Crippen LogP contribution is -2.41. The highest BCUT2D eigenvalue weighted by atomic mass is 19.1. The molecule has 5 N–H and O–H groups in total. The van der Waals surface area contributed by atoms with Crippen LogP contribution in [0.5, 0.6) is 11.8 Å². The zero-order valence-electron chi connectivity index (χ0n) is 18.8. The third-order valence-electron chi connectivity index (χ3n) is 6.85. The number of hydrogen-bond donors (Lipinski definition) is 4. The van der Waals surface area contributed by atoms with Gasteiger partial charge in [0.05, 0.1) is 29.0 Å². The maximum absolute atomic E-state index is 14.5. The maximum atomic E-state index is 14.5. The minimum Gasteiger partial charge on any atom is -0.421 e. The number of anilines is 2. The molecule has 2 fully saturated rings. The SMILES string of the molecule is CNc1cc(F)cc2c1[nH]c1nc(Oc3cnc(C(C)O)nc3)nc(N3CC4CC3C[C@@H]4N)c12. The van der Waals surface area contributed by atoms with Gasteiger partial charge in [-0.25, -0.2) is 14.4 Å². The van der Waals surface area contributed by atoms with Crippen LogP contribution in [-0.2, 0) is 0 Å². The van der Waals surface area contributed by atoms with E-state index in [2.05, 4.69) is 30.2 Å². The van der Waals surface area contributed by atoms with Gasteiger partial charge in [0.1, 0.15) is 23.4 Å². The van der Waals surface area contributed by atoms with Crippen LogP contribution in [0.3, 0.4) is 0 Å². The molecular weight excluding hydrogens is 439 g/mol. The average Bonchev–Trinajstić information content (AvgIpc) is 3.50. The molecule has 4 heterocycles. The Balaban J connectivity index is 1.50. The Morgan fingerprint density at radius 3 is 2.71 bits per heavy atom. The van der Waals surface area contributed by atoms with Gasteiger partial charge in [0, 0.05) is 31.1 Å². The lowest BCUT2D eigenvalue weighted by molar-refractivity contribution is 0.188. The predicted molar refractivity (Wildman–Crippen MR) is 125 cm³/mol. The number of nitrogens with one attached hydrogen (secondary N) is 2. The molecule has 1 aliphatic carbocycles. The van der Waals surface area contributed by atoms with Crippen LogP contribution in [0.2, 0.25) is 0 Å². The molecule has 6 rings (SSSR count). The molecule has 0 spiro atoms. The van der Waals surface area contributed by atoms with Crippen LogP contribution in [0.15, 0.2) is 24.5 Å². The van der Waals surface area contributed by atoms with Crippen molar-refractivity contribution in [3.8, 4) is 11.8 Å². The van der Waals surface area contributed by atoms with E-state index in [0.717, 1.165) is 30.3 Å². The summed E-state index contributed by atoms with van der Waals surface area (Å²) in [6.07, 6.45) is 4.06. The van der Waals surface area contributed by atoms with Crippen molar-refractivity contribution in [1.29, 1.82) is 0 Å². The van der Waals surface area contributed by atoms with Gasteiger partial charge in [-0.15, -0.1) is 0 Å². The monoisotopic (exact) mass is 464 g/mol. The van der Waals surface area contributed by atoms with E-state index in [9.17, 15) is 9.50 Å². The molecule has 1 aliphatic heterocycles. The number of piperidine rings is 1. The summed E-state index contributed by atoms with van der Waals surface area (Å²) >= 11 is 0. The van der Waals surface area contributed by atoms with Gasteiger partial charge in [-0.2, -0.15) is 9.97 Å². The Hall–Kier alpha value is -3.57. The highest BCUT2D eigenvalue weighted by Gasteiger charge is 2.44. The number of aromatic nitrogens is 5. The summed E-state index contributed by atoms with van der Waals surface area (Å²) in [5.41, 5.74) is 8.21. The van der Waals surface area contributed by atoms with E-state index < -0.39 is 6.10 Å². The number of aliphatic hydroxyl groups excluding tert-OH is 1. The van der Waals surface area contributed by atoms with Crippen molar-refractivity contribution in [3.05, 3.63) is 36.2 Å². The topological polar surface area (TPSA) is 138 Å². The van der Waals surface area contributed by atoms with Gasteiger partial charge < -0.3 is 30.8 Å². The Bertz CT molecular complexity index is 1390. The molecule has 10 nitrogen and oxygen atoms in total. The minimum absolute atomic E-state index is 0.126. The summed E-state index contributed by atoms with van der Waals surface area (Å²) in [6, 6.07) is 3.53. The first kappa shape index (κ1) is 21.0. The summed E-state index contributed by atoms with van der Waals surface area (Å²) in [7, 11) is 1.75. The summed E-state index contributed by atoms with van der Waals surface area (Å²) in [4.78, 5) is 23.2. The van der Waals surface area contributed by atoms with Crippen molar-refractivity contribution in [2.24, 2.45) is 11.7 Å². The zero-order chi connectivity index (χ0) is 23.6. The zero-order valence-corrected chi connectivity index (χ0v) is 18.8. The van der Waals surface area contributed by atoms with Gasteiger partial charge in [-0.05, 0) is 37.8 Å². The largest absolute Gasteiger partial charge is 0.421 e. The van der Waals surface area contributed by atoms with Crippen LogP contribution < -0.4 is 20.7 Å². The molecule has 11 heteroatoms. The molecule has 3 unspecified atom stereocenters. The van der Waals surface area contributed by atoms with Gasteiger partial charge >= 0.3 is 6.01 Å². The third-order valence-corrected chi connectivity index (χ3v) is 6.85. The number of nitrogens with zero attached hydrogens (tertiary/aromatic N) is 5. The first-order chi connectivity index (χ1) is 16.4. The molecule has 1 saturated carbocycles. The van der Waals surface area contributed by atoms with Gasteiger partial charge in [-0.1, -0.05) is 0 Å². The van der Waals surface area contributed by atoms with Crippen molar-refractivity contribution in [2.75, 3.05) is 23.8 Å². The summed E-state index contributed by atoms with van der Waals surface area (Å²) in [5.74, 6) is 1.39. The van der Waals surface area contributed by atoms with E-state index in [4.69, 9.17) is 15.5 Å². The van der Waals surface area contributed by atoms with E-state index >= 15 is 0 Å². The number of halogens is 1. The van der Waals surface area contributed by atoms with Crippen LogP contribution in [-0.4, -0.2) is 55.7 Å². The number of ether oxygens (including phenoxy) is 1. The molecule has 0 amide bonds. The van der Waals surface area contributed by atoms with Gasteiger partial charge in [-0.3, -0.25) is 0 Å². The molecule has 176 valence electrons. The number of benzene rings is 1. The van der Waals surface area contributed by atoms with Crippen molar-refractivity contribution in [2.45, 2.75) is 38.0 Å². The van der Waals surface area contributed by atoms with Crippen LogP contribution in [0.1, 0.15) is 31.7 Å². The standard InChI is InChI=1S/C23H25FN8O2/c1-10(33)20-27-7-14(8-28-20)34-23-30-21-18(15-4-12(24)5-17(26-2)19(15)29-21)22(31-23)32-9-11-3-13(32)6-16(11)25/h4-5,7-8,10-11,13,16,26,33H,3,6,9,25H2,1-2H3,(H,29,30,31)/t10?,11?,13?,16-/m0/s1. The number of aromatic amines is 1. The Labute approximate surface area is 194 Å². The maximum Gasteiger partial charge on any atom is 0.326 e. The van der Waals surface area contributed by atoms with Gasteiger partial charge in [0.2, 0.25) is 0 Å². The molecule has 2 aliphatic rings. The normalized spacial score (nSPS) is 22.6. The second-order valence-corrected chi connectivity index (χ2v) is 9.06. The molecular formula is C23H25FN8O2. The van der Waals surface area contributed by atoms with Gasteiger partial charge in [0.25, 0.3) is 0 Å². The highest BCUT2D eigenvalue weighted by molar-refractivity contribution is 6.14. The number of nitrogens with two attached hydrogens (primary N) is 1. The molecule has 0 radical (unpaired) electrons. The predicted octanol–water partition coefficient (Wildman–Crippen LogP) is 2.85. The Kier molecular flexibility index (Phi) is 4.78. The molecule has 4 atom stereocenters. The van der Waals surface area contributed by atoms with Crippen molar-refractivity contribution < 1.29 is 14.2 Å². The van der Waals surface area contributed by atoms with E-state index in [1.54, 1.807) is 14.0 Å². The summed E-state index contributed by atoms with van der Waals surface area (Å²) < 4.78 is 20.4.